The summed E-state index contributed by atoms with van der Waals surface area (Å²) in [6, 6.07) is 13.5. The Morgan fingerprint density at radius 1 is 1.19 bits per heavy atom. The summed E-state index contributed by atoms with van der Waals surface area (Å²) in [6.45, 7) is 3.27. The van der Waals surface area contributed by atoms with Crippen LogP contribution >= 0.6 is 11.3 Å². The van der Waals surface area contributed by atoms with Gasteiger partial charge in [0.2, 0.25) is 6.79 Å². The first-order chi connectivity index (χ1) is 12.7. The molecule has 134 valence electrons. The van der Waals surface area contributed by atoms with E-state index in [-0.39, 0.29) is 18.7 Å². The van der Waals surface area contributed by atoms with Crippen LogP contribution in [0, 0.1) is 0 Å². The number of hydrogen-bond donors (Lipinski definition) is 2. The summed E-state index contributed by atoms with van der Waals surface area (Å²) < 4.78 is 11.8. The predicted molar refractivity (Wildman–Crippen MR) is 101 cm³/mol. The fourth-order valence-electron chi connectivity index (χ4n) is 2.73. The molecule has 7 heteroatoms. The van der Waals surface area contributed by atoms with Crippen LogP contribution in [0.25, 0.3) is 10.2 Å². The molecule has 0 bridgehead atoms. The summed E-state index contributed by atoms with van der Waals surface area (Å²) in [7, 11) is 0. The maximum atomic E-state index is 12.1. The molecule has 1 aliphatic heterocycles. The summed E-state index contributed by atoms with van der Waals surface area (Å²) in [5.41, 5.74) is 1.97. The molecule has 2 aromatic carbocycles. The quantitative estimate of drug-likeness (QED) is 0.720. The maximum Gasteiger partial charge on any atom is 0.315 e. The van der Waals surface area contributed by atoms with Crippen LogP contribution < -0.4 is 20.1 Å². The Morgan fingerprint density at radius 2 is 2.04 bits per heavy atom. The van der Waals surface area contributed by atoms with Gasteiger partial charge in [0.25, 0.3) is 0 Å². The van der Waals surface area contributed by atoms with Gasteiger partial charge in [-0.2, -0.15) is 0 Å². The van der Waals surface area contributed by atoms with E-state index in [1.807, 2.05) is 36.4 Å². The molecule has 26 heavy (non-hydrogen) atoms. The van der Waals surface area contributed by atoms with Gasteiger partial charge in [-0.15, -0.1) is 11.3 Å². The Kier molecular flexibility index (Phi) is 4.62. The molecular formula is C19H19N3O3S. The van der Waals surface area contributed by atoms with Crippen molar-refractivity contribution < 1.29 is 14.3 Å². The molecule has 2 heterocycles. The van der Waals surface area contributed by atoms with E-state index in [0.717, 1.165) is 21.8 Å². The highest BCUT2D eigenvalue weighted by Gasteiger charge is 2.14. The Hall–Kier alpha value is -2.80. The van der Waals surface area contributed by atoms with Crippen LogP contribution in [0.5, 0.6) is 11.5 Å². The lowest BCUT2D eigenvalue weighted by Crippen LogP contribution is -2.37. The SMILES string of the molecule is C[C@H](CNC(=O)NCc1ccc2c(c1)OCO2)c1nc2ccccc2s1. The van der Waals surface area contributed by atoms with Crippen molar-refractivity contribution in [1.82, 2.24) is 15.6 Å². The van der Waals surface area contributed by atoms with Crippen LogP contribution in [0.4, 0.5) is 4.79 Å². The van der Waals surface area contributed by atoms with Crippen molar-refractivity contribution in [2.45, 2.75) is 19.4 Å². The Labute approximate surface area is 155 Å². The molecule has 1 atom stereocenters. The van der Waals surface area contributed by atoms with Crippen LogP contribution in [-0.2, 0) is 6.54 Å². The Balaban J connectivity index is 1.28. The summed E-state index contributed by atoms with van der Waals surface area (Å²) in [5, 5.41) is 6.80. The van der Waals surface area contributed by atoms with Crippen molar-refractivity contribution in [3.05, 3.63) is 53.0 Å². The van der Waals surface area contributed by atoms with Crippen LogP contribution in [-0.4, -0.2) is 24.4 Å². The van der Waals surface area contributed by atoms with E-state index in [4.69, 9.17) is 9.47 Å². The van der Waals surface area contributed by atoms with Crippen molar-refractivity contribution in [2.24, 2.45) is 0 Å². The number of amides is 2. The zero-order valence-electron chi connectivity index (χ0n) is 14.3. The minimum absolute atomic E-state index is 0.156. The Morgan fingerprint density at radius 3 is 2.92 bits per heavy atom. The van der Waals surface area contributed by atoms with Gasteiger partial charge in [0.1, 0.15) is 0 Å². The summed E-state index contributed by atoms with van der Waals surface area (Å²) in [4.78, 5) is 16.7. The van der Waals surface area contributed by atoms with E-state index in [9.17, 15) is 4.79 Å². The van der Waals surface area contributed by atoms with Gasteiger partial charge in [0.15, 0.2) is 11.5 Å². The second-order valence-electron chi connectivity index (χ2n) is 6.17. The molecule has 4 rings (SSSR count). The fraction of sp³-hybridized carbons (Fsp3) is 0.263. The normalized spacial score (nSPS) is 13.6. The van der Waals surface area contributed by atoms with Gasteiger partial charge in [-0.25, -0.2) is 9.78 Å². The third-order valence-corrected chi connectivity index (χ3v) is 5.46. The molecule has 0 radical (unpaired) electrons. The van der Waals surface area contributed by atoms with Crippen LogP contribution in [0.1, 0.15) is 23.4 Å². The molecule has 0 saturated carbocycles. The van der Waals surface area contributed by atoms with E-state index in [1.165, 1.54) is 4.70 Å². The number of aromatic nitrogens is 1. The van der Waals surface area contributed by atoms with Crippen LogP contribution in [0.15, 0.2) is 42.5 Å². The van der Waals surface area contributed by atoms with Gasteiger partial charge in [-0.05, 0) is 29.8 Å². The van der Waals surface area contributed by atoms with Gasteiger partial charge in [0.05, 0.1) is 15.2 Å². The lowest BCUT2D eigenvalue weighted by atomic mass is 10.2. The van der Waals surface area contributed by atoms with E-state index < -0.39 is 0 Å². The van der Waals surface area contributed by atoms with Gasteiger partial charge >= 0.3 is 6.03 Å². The van der Waals surface area contributed by atoms with Gasteiger partial charge in [-0.1, -0.05) is 25.1 Å². The molecule has 1 aromatic heterocycles. The smallest absolute Gasteiger partial charge is 0.315 e. The minimum atomic E-state index is -0.198. The van der Waals surface area contributed by atoms with Gasteiger partial charge < -0.3 is 20.1 Å². The molecule has 0 aliphatic carbocycles. The standard InChI is InChI=1S/C19H19N3O3S/c1-12(18-22-14-4-2-3-5-17(14)26-18)9-20-19(23)21-10-13-6-7-15-16(8-13)25-11-24-15/h2-8,12H,9-11H2,1H3,(H2,20,21,23)/t12-/m1/s1. The molecular weight excluding hydrogens is 350 g/mol. The van der Waals surface area contributed by atoms with Crippen molar-refractivity contribution in [3.63, 3.8) is 0 Å². The van der Waals surface area contributed by atoms with Crippen molar-refractivity contribution in [2.75, 3.05) is 13.3 Å². The Bertz CT molecular complexity index is 908. The largest absolute Gasteiger partial charge is 0.454 e. The molecule has 0 spiro atoms. The van der Waals surface area contributed by atoms with E-state index >= 15 is 0 Å². The second-order valence-corrected chi connectivity index (χ2v) is 7.23. The van der Waals surface area contributed by atoms with Gasteiger partial charge in [-0.3, -0.25) is 0 Å². The van der Waals surface area contributed by atoms with E-state index in [1.54, 1.807) is 11.3 Å². The van der Waals surface area contributed by atoms with E-state index in [0.29, 0.717) is 18.8 Å². The number of carbonyl (C=O) groups is 1. The average molecular weight is 369 g/mol. The summed E-state index contributed by atoms with van der Waals surface area (Å²) in [6.07, 6.45) is 0. The highest BCUT2D eigenvalue weighted by atomic mass is 32.1. The number of carbonyl (C=O) groups excluding carboxylic acids is 1. The zero-order chi connectivity index (χ0) is 17.9. The molecule has 2 amide bonds. The van der Waals surface area contributed by atoms with Crippen molar-refractivity contribution in [1.29, 1.82) is 0 Å². The maximum absolute atomic E-state index is 12.1. The average Bonchev–Trinajstić information content (AvgIpc) is 3.30. The number of urea groups is 1. The monoisotopic (exact) mass is 369 g/mol. The number of nitrogens with one attached hydrogen (secondary N) is 2. The topological polar surface area (TPSA) is 72.5 Å². The van der Waals surface area contributed by atoms with Crippen molar-refractivity contribution >= 4 is 27.6 Å². The summed E-state index contributed by atoms with van der Waals surface area (Å²) in [5.74, 6) is 1.61. The first-order valence-electron chi connectivity index (χ1n) is 8.45. The fourth-order valence-corrected chi connectivity index (χ4v) is 3.75. The van der Waals surface area contributed by atoms with Crippen LogP contribution in [0.3, 0.4) is 0 Å². The number of ether oxygens (including phenoxy) is 2. The minimum Gasteiger partial charge on any atom is -0.454 e. The van der Waals surface area contributed by atoms with Crippen molar-refractivity contribution in [3.8, 4) is 11.5 Å². The second kappa shape index (κ2) is 7.21. The summed E-state index contributed by atoms with van der Waals surface area (Å²) >= 11 is 1.67. The number of benzene rings is 2. The van der Waals surface area contributed by atoms with E-state index in [2.05, 4.69) is 28.6 Å². The highest BCUT2D eigenvalue weighted by molar-refractivity contribution is 7.18. The molecule has 0 fully saturated rings. The number of rotatable bonds is 5. The molecule has 2 N–H and O–H groups in total. The lowest BCUT2D eigenvalue weighted by Gasteiger charge is -2.11. The number of hydrogen-bond acceptors (Lipinski definition) is 5. The molecule has 0 saturated heterocycles. The molecule has 3 aromatic rings. The number of para-hydroxylation sites is 1. The lowest BCUT2D eigenvalue weighted by molar-refractivity contribution is 0.174. The van der Waals surface area contributed by atoms with Gasteiger partial charge in [0, 0.05) is 19.0 Å². The third-order valence-electron chi connectivity index (χ3n) is 4.19. The zero-order valence-corrected chi connectivity index (χ0v) is 15.1. The number of nitrogens with zero attached hydrogens (tertiary/aromatic N) is 1. The first kappa shape index (κ1) is 16.7. The third kappa shape index (κ3) is 3.57. The van der Waals surface area contributed by atoms with Crippen LogP contribution in [0.2, 0.25) is 0 Å². The molecule has 0 unspecified atom stereocenters. The number of thiazole rings is 1. The predicted octanol–water partition coefficient (Wildman–Crippen LogP) is 3.63. The molecule has 1 aliphatic rings. The molecule has 6 nitrogen and oxygen atoms in total. The first-order valence-corrected chi connectivity index (χ1v) is 9.26. The number of fused-ring (bicyclic) bond motifs is 2. The highest BCUT2D eigenvalue weighted by Crippen LogP contribution is 2.32.